The standard InChI is InChI=1S/C27H30N2O5/c30-25(29-14-19(15-29)26(31)32)18-7-5-6-17(12-18)13-28-27(33)34-16-24-22-10-3-1-8-20(22)21-9-2-4-11-23(21)24/h1-4,8-11,17-19,24H,5-7,12-16H2,(H,28,33)(H,31,32). The third kappa shape index (κ3) is 4.39. The fourth-order valence-electron chi connectivity index (χ4n) is 5.65. The van der Waals surface area contributed by atoms with Crippen LogP contribution in [0.2, 0.25) is 0 Å². The van der Waals surface area contributed by atoms with Crippen molar-refractivity contribution in [2.24, 2.45) is 17.8 Å². The maximum Gasteiger partial charge on any atom is 0.407 e. The molecule has 1 saturated carbocycles. The molecule has 2 fully saturated rings. The molecule has 34 heavy (non-hydrogen) atoms. The Bertz CT molecular complexity index is 1050. The number of nitrogens with one attached hydrogen (secondary N) is 1. The summed E-state index contributed by atoms with van der Waals surface area (Å²) in [6.07, 6.45) is 3.02. The molecule has 7 heteroatoms. The zero-order valence-electron chi connectivity index (χ0n) is 19.1. The fraction of sp³-hybridized carbons (Fsp3) is 0.444. The molecule has 2 amide bonds. The topological polar surface area (TPSA) is 95.9 Å². The van der Waals surface area contributed by atoms with Crippen LogP contribution in [0.3, 0.4) is 0 Å². The van der Waals surface area contributed by atoms with E-state index in [4.69, 9.17) is 9.84 Å². The number of rotatable bonds is 6. The number of hydrogen-bond donors (Lipinski definition) is 2. The number of alkyl carbamates (subject to hydrolysis) is 1. The van der Waals surface area contributed by atoms with Crippen LogP contribution in [0.4, 0.5) is 4.79 Å². The number of carbonyl (C=O) groups is 3. The average Bonchev–Trinajstić information content (AvgIpc) is 3.14. The van der Waals surface area contributed by atoms with Crippen LogP contribution in [0, 0.1) is 17.8 Å². The van der Waals surface area contributed by atoms with Gasteiger partial charge >= 0.3 is 12.1 Å². The van der Waals surface area contributed by atoms with E-state index in [0.717, 1.165) is 25.7 Å². The van der Waals surface area contributed by atoms with Crippen molar-refractivity contribution in [2.75, 3.05) is 26.2 Å². The maximum absolute atomic E-state index is 12.7. The fourth-order valence-corrected chi connectivity index (χ4v) is 5.65. The number of carboxylic acids is 1. The Hall–Kier alpha value is -3.35. The van der Waals surface area contributed by atoms with Crippen molar-refractivity contribution in [1.29, 1.82) is 0 Å². The van der Waals surface area contributed by atoms with Crippen molar-refractivity contribution in [2.45, 2.75) is 31.6 Å². The van der Waals surface area contributed by atoms with Crippen LogP contribution < -0.4 is 5.32 Å². The lowest BCUT2D eigenvalue weighted by Gasteiger charge is -2.40. The predicted octanol–water partition coefficient (Wildman–Crippen LogP) is 3.87. The van der Waals surface area contributed by atoms with Gasteiger partial charge in [0.25, 0.3) is 0 Å². The molecule has 1 heterocycles. The summed E-state index contributed by atoms with van der Waals surface area (Å²) in [4.78, 5) is 37.8. The zero-order chi connectivity index (χ0) is 23.7. The van der Waals surface area contributed by atoms with Gasteiger partial charge in [0.05, 0.1) is 5.92 Å². The first-order valence-electron chi connectivity index (χ1n) is 12.1. The minimum Gasteiger partial charge on any atom is -0.481 e. The second-order valence-electron chi connectivity index (χ2n) is 9.71. The van der Waals surface area contributed by atoms with E-state index in [-0.39, 0.29) is 30.3 Å². The highest BCUT2D eigenvalue weighted by Gasteiger charge is 2.39. The Kier molecular flexibility index (Phi) is 6.26. The molecule has 1 aliphatic heterocycles. The minimum absolute atomic E-state index is 0.0287. The van der Waals surface area contributed by atoms with Crippen molar-refractivity contribution in [3.63, 3.8) is 0 Å². The Balaban J connectivity index is 1.10. The SMILES string of the molecule is O=C(NCC1CCCC(C(=O)N2CC(C(=O)O)C2)C1)OCC1c2ccccc2-c2ccccc21. The number of hydrogen-bond acceptors (Lipinski definition) is 4. The number of aliphatic carboxylic acids is 1. The molecule has 178 valence electrons. The molecule has 0 radical (unpaired) electrons. The number of likely N-dealkylation sites (tertiary alicyclic amines) is 1. The number of benzene rings is 2. The first kappa shape index (κ1) is 22.4. The number of carboxylic acid groups (broad SMARTS) is 1. The van der Waals surface area contributed by atoms with Crippen molar-refractivity contribution in [3.8, 4) is 11.1 Å². The molecular weight excluding hydrogens is 432 g/mol. The van der Waals surface area contributed by atoms with Gasteiger partial charge in [-0.15, -0.1) is 0 Å². The van der Waals surface area contributed by atoms with Gasteiger partial charge in [0.15, 0.2) is 0 Å². The normalized spacial score (nSPS) is 21.8. The first-order chi connectivity index (χ1) is 16.5. The lowest BCUT2D eigenvalue weighted by molar-refractivity contribution is -0.155. The second-order valence-corrected chi connectivity index (χ2v) is 9.71. The zero-order valence-corrected chi connectivity index (χ0v) is 19.1. The molecule has 7 nitrogen and oxygen atoms in total. The molecule has 5 rings (SSSR count). The van der Waals surface area contributed by atoms with Crippen LogP contribution in [0.5, 0.6) is 0 Å². The van der Waals surface area contributed by atoms with E-state index >= 15 is 0 Å². The van der Waals surface area contributed by atoms with Crippen molar-refractivity contribution >= 4 is 18.0 Å². The highest BCUT2D eigenvalue weighted by molar-refractivity contribution is 5.83. The largest absolute Gasteiger partial charge is 0.481 e. The summed E-state index contributed by atoms with van der Waals surface area (Å²) in [5.74, 6) is -1.04. The van der Waals surface area contributed by atoms with Crippen LogP contribution in [-0.2, 0) is 14.3 Å². The van der Waals surface area contributed by atoms with Crippen molar-refractivity contribution in [1.82, 2.24) is 10.2 Å². The molecule has 2 N–H and O–H groups in total. The summed E-state index contributed by atoms with van der Waals surface area (Å²) in [5.41, 5.74) is 4.76. The quantitative estimate of drug-likeness (QED) is 0.679. The Labute approximate surface area is 199 Å². The smallest absolute Gasteiger partial charge is 0.407 e. The van der Waals surface area contributed by atoms with Gasteiger partial charge in [-0.3, -0.25) is 9.59 Å². The Morgan fingerprint density at radius 1 is 0.941 bits per heavy atom. The van der Waals surface area contributed by atoms with Crippen LogP contribution in [0.25, 0.3) is 11.1 Å². The van der Waals surface area contributed by atoms with Crippen molar-refractivity contribution < 1.29 is 24.2 Å². The number of carbonyl (C=O) groups excluding carboxylic acids is 2. The van der Waals surface area contributed by atoms with E-state index in [1.54, 1.807) is 4.90 Å². The van der Waals surface area contributed by atoms with Crippen LogP contribution in [0.1, 0.15) is 42.7 Å². The van der Waals surface area contributed by atoms with E-state index in [9.17, 15) is 14.4 Å². The van der Waals surface area contributed by atoms with Gasteiger partial charge in [-0.1, -0.05) is 55.0 Å². The molecule has 1 saturated heterocycles. The number of ether oxygens (including phenoxy) is 1. The van der Waals surface area contributed by atoms with Gasteiger partial charge in [-0.25, -0.2) is 4.79 Å². The molecular formula is C27H30N2O5. The van der Waals surface area contributed by atoms with Gasteiger partial charge in [-0.2, -0.15) is 0 Å². The second kappa shape index (κ2) is 9.49. The van der Waals surface area contributed by atoms with Crippen LogP contribution in [-0.4, -0.2) is 54.2 Å². The van der Waals surface area contributed by atoms with E-state index in [1.165, 1.54) is 22.3 Å². The molecule has 3 aliphatic rings. The molecule has 2 aromatic rings. The van der Waals surface area contributed by atoms with Gasteiger partial charge in [0, 0.05) is 31.5 Å². The Morgan fingerprint density at radius 3 is 2.24 bits per heavy atom. The van der Waals surface area contributed by atoms with E-state index in [1.807, 2.05) is 24.3 Å². The Morgan fingerprint density at radius 2 is 1.59 bits per heavy atom. The van der Waals surface area contributed by atoms with Gasteiger partial charge < -0.3 is 20.1 Å². The summed E-state index contributed by atoms with van der Waals surface area (Å²) in [6.45, 7) is 1.39. The summed E-state index contributed by atoms with van der Waals surface area (Å²) in [5, 5.41) is 11.9. The molecule has 2 unspecified atom stereocenters. The van der Waals surface area contributed by atoms with E-state index in [2.05, 4.69) is 29.6 Å². The molecule has 0 aromatic heterocycles. The predicted molar refractivity (Wildman–Crippen MR) is 126 cm³/mol. The minimum atomic E-state index is -0.835. The summed E-state index contributed by atoms with van der Waals surface area (Å²) in [6, 6.07) is 16.5. The van der Waals surface area contributed by atoms with Crippen molar-refractivity contribution in [3.05, 3.63) is 59.7 Å². The van der Waals surface area contributed by atoms with Gasteiger partial charge in [0.2, 0.25) is 5.91 Å². The average molecular weight is 463 g/mol. The first-order valence-corrected chi connectivity index (χ1v) is 12.1. The highest BCUT2D eigenvalue weighted by atomic mass is 16.5. The number of fused-ring (bicyclic) bond motifs is 3. The molecule has 0 spiro atoms. The molecule has 0 bridgehead atoms. The van der Waals surface area contributed by atoms with Gasteiger partial charge in [0.1, 0.15) is 6.61 Å². The summed E-state index contributed by atoms with van der Waals surface area (Å²) >= 11 is 0. The molecule has 2 atom stereocenters. The highest BCUT2D eigenvalue weighted by Crippen LogP contribution is 2.44. The molecule has 2 aliphatic carbocycles. The summed E-state index contributed by atoms with van der Waals surface area (Å²) < 4.78 is 5.62. The third-order valence-corrected chi connectivity index (χ3v) is 7.55. The van der Waals surface area contributed by atoms with Gasteiger partial charge in [-0.05, 0) is 47.4 Å². The van der Waals surface area contributed by atoms with E-state index < -0.39 is 18.0 Å². The third-order valence-electron chi connectivity index (χ3n) is 7.55. The molecule has 2 aromatic carbocycles. The summed E-state index contributed by atoms with van der Waals surface area (Å²) in [7, 11) is 0. The van der Waals surface area contributed by atoms with Crippen LogP contribution in [0.15, 0.2) is 48.5 Å². The lowest BCUT2D eigenvalue weighted by Crippen LogP contribution is -2.55. The number of nitrogens with zero attached hydrogens (tertiary/aromatic N) is 1. The monoisotopic (exact) mass is 462 g/mol. The van der Waals surface area contributed by atoms with Crippen LogP contribution >= 0.6 is 0 Å². The lowest BCUT2D eigenvalue weighted by atomic mass is 9.80. The number of amides is 2. The maximum atomic E-state index is 12.7. The van der Waals surface area contributed by atoms with E-state index in [0.29, 0.717) is 19.6 Å².